The maximum absolute atomic E-state index is 13.7. The molecular weight excluding hydrogens is 371 g/mol. The van der Waals surface area contributed by atoms with Gasteiger partial charge in [0.15, 0.2) is 0 Å². The minimum absolute atomic E-state index is 0.00963. The number of pyridine rings is 1. The second-order valence-corrected chi connectivity index (χ2v) is 7.72. The molecule has 0 radical (unpaired) electrons. The zero-order chi connectivity index (χ0) is 20.7. The number of alkyl halides is 3. The summed E-state index contributed by atoms with van der Waals surface area (Å²) in [6, 6.07) is 9.20. The Morgan fingerprint density at radius 3 is 2.14 bits per heavy atom. The van der Waals surface area contributed by atoms with E-state index < -0.39 is 24.2 Å². The lowest BCUT2D eigenvalue weighted by molar-refractivity contribution is -0.297. The van der Waals surface area contributed by atoms with Gasteiger partial charge >= 0.3 is 6.18 Å². The van der Waals surface area contributed by atoms with Gasteiger partial charge in [-0.2, -0.15) is 23.3 Å². The fourth-order valence-corrected chi connectivity index (χ4v) is 2.92. The van der Waals surface area contributed by atoms with Crippen molar-refractivity contribution in [3.63, 3.8) is 0 Å². The summed E-state index contributed by atoms with van der Waals surface area (Å²) in [6.45, 7) is 5.95. The first-order valence-electron chi connectivity index (χ1n) is 8.65. The van der Waals surface area contributed by atoms with Crippen molar-refractivity contribution in [2.45, 2.75) is 44.5 Å². The van der Waals surface area contributed by atoms with Crippen LogP contribution >= 0.6 is 0 Å². The quantitative estimate of drug-likeness (QED) is 0.845. The standard InChI is InChI=1S/C20H20F3N3O2/c1-18(2,3)15-6-4-14(5-7-15)17(27)26-19(28,20(21,22)23)12-16(25-26)13-8-10-24-11-9-13/h4-11,28H,12H2,1-3H3/t19-/m0/s1. The molecule has 5 nitrogen and oxygen atoms in total. The summed E-state index contributed by atoms with van der Waals surface area (Å²) >= 11 is 0. The number of carbonyl (C=O) groups excluding carboxylic acids is 1. The van der Waals surface area contributed by atoms with E-state index >= 15 is 0 Å². The highest BCUT2D eigenvalue weighted by Gasteiger charge is 2.63. The largest absolute Gasteiger partial charge is 0.438 e. The van der Waals surface area contributed by atoms with Crippen LogP contribution in [-0.4, -0.2) is 38.6 Å². The smallest absolute Gasteiger partial charge is 0.362 e. The number of hydrazone groups is 1. The number of hydrogen-bond donors (Lipinski definition) is 1. The Bertz CT molecular complexity index is 903. The van der Waals surface area contributed by atoms with Gasteiger partial charge in [0.1, 0.15) is 0 Å². The molecule has 0 saturated heterocycles. The summed E-state index contributed by atoms with van der Waals surface area (Å²) in [4.78, 5) is 16.6. The summed E-state index contributed by atoms with van der Waals surface area (Å²) in [7, 11) is 0. The van der Waals surface area contributed by atoms with Crippen molar-refractivity contribution < 1.29 is 23.1 Å². The highest BCUT2D eigenvalue weighted by Crippen LogP contribution is 2.42. The van der Waals surface area contributed by atoms with E-state index in [4.69, 9.17) is 0 Å². The average molecular weight is 391 g/mol. The molecule has 0 spiro atoms. The number of nitrogens with zero attached hydrogens (tertiary/aromatic N) is 3. The van der Waals surface area contributed by atoms with Gasteiger partial charge in [0, 0.05) is 23.5 Å². The van der Waals surface area contributed by atoms with Crippen LogP contribution < -0.4 is 0 Å². The maximum atomic E-state index is 13.7. The molecule has 2 aromatic rings. The molecule has 1 aromatic heterocycles. The third-order valence-corrected chi connectivity index (χ3v) is 4.64. The molecule has 1 aliphatic heterocycles. The molecule has 2 heterocycles. The van der Waals surface area contributed by atoms with Crippen molar-refractivity contribution in [1.29, 1.82) is 0 Å². The predicted octanol–water partition coefficient (Wildman–Crippen LogP) is 3.88. The maximum Gasteiger partial charge on any atom is 0.438 e. The van der Waals surface area contributed by atoms with Crippen LogP contribution in [0.25, 0.3) is 0 Å². The number of carbonyl (C=O) groups is 1. The highest BCUT2D eigenvalue weighted by atomic mass is 19.4. The number of halogens is 3. The van der Waals surface area contributed by atoms with Crippen LogP contribution in [0.15, 0.2) is 53.9 Å². The first kappa shape index (κ1) is 20.0. The number of rotatable bonds is 2. The average Bonchev–Trinajstić information content (AvgIpc) is 3.00. The molecule has 0 aliphatic carbocycles. The van der Waals surface area contributed by atoms with Gasteiger partial charge in [0.2, 0.25) is 0 Å². The van der Waals surface area contributed by atoms with Gasteiger partial charge in [-0.1, -0.05) is 32.9 Å². The molecule has 0 saturated carbocycles. The van der Waals surface area contributed by atoms with Crippen LogP contribution in [0.1, 0.15) is 48.7 Å². The molecule has 1 aliphatic rings. The molecule has 148 valence electrons. The molecule has 28 heavy (non-hydrogen) atoms. The van der Waals surface area contributed by atoms with E-state index in [9.17, 15) is 23.1 Å². The van der Waals surface area contributed by atoms with E-state index in [1.54, 1.807) is 12.1 Å². The highest BCUT2D eigenvalue weighted by molar-refractivity contribution is 6.05. The third kappa shape index (κ3) is 3.52. The number of benzene rings is 1. The Balaban J connectivity index is 2.00. The Morgan fingerprint density at radius 2 is 1.64 bits per heavy atom. The molecule has 0 unspecified atom stereocenters. The normalized spacial score (nSPS) is 20.2. The van der Waals surface area contributed by atoms with Gasteiger partial charge in [-0.25, -0.2) is 0 Å². The summed E-state index contributed by atoms with van der Waals surface area (Å²) in [6.07, 6.45) is -3.13. The van der Waals surface area contributed by atoms with Crippen LogP contribution in [0.5, 0.6) is 0 Å². The fraction of sp³-hybridized carbons (Fsp3) is 0.350. The Hall–Kier alpha value is -2.74. The molecule has 1 amide bonds. The topological polar surface area (TPSA) is 65.8 Å². The molecule has 0 fully saturated rings. The predicted molar refractivity (Wildman–Crippen MR) is 97.7 cm³/mol. The lowest BCUT2D eigenvalue weighted by Crippen LogP contribution is -2.56. The van der Waals surface area contributed by atoms with Crippen LogP contribution in [0.2, 0.25) is 0 Å². The lowest BCUT2D eigenvalue weighted by Gasteiger charge is -2.32. The molecule has 8 heteroatoms. The molecular formula is C20H20F3N3O2. The van der Waals surface area contributed by atoms with E-state index in [-0.39, 0.29) is 21.7 Å². The first-order chi connectivity index (χ1) is 12.9. The van der Waals surface area contributed by atoms with Gasteiger partial charge < -0.3 is 5.11 Å². The van der Waals surface area contributed by atoms with Crippen LogP contribution in [0.3, 0.4) is 0 Å². The van der Waals surface area contributed by atoms with Crippen molar-refractivity contribution in [2.24, 2.45) is 5.10 Å². The second-order valence-electron chi connectivity index (χ2n) is 7.72. The van der Waals surface area contributed by atoms with Crippen LogP contribution in [0.4, 0.5) is 13.2 Å². The Morgan fingerprint density at radius 1 is 1.07 bits per heavy atom. The lowest BCUT2D eigenvalue weighted by atomic mass is 9.86. The number of aromatic nitrogens is 1. The molecule has 1 N–H and O–H groups in total. The van der Waals surface area contributed by atoms with Crippen molar-refractivity contribution in [3.05, 3.63) is 65.5 Å². The summed E-state index contributed by atoms with van der Waals surface area (Å²) in [5.41, 5.74) is -2.33. The SMILES string of the molecule is CC(C)(C)c1ccc(C(=O)N2N=C(c3ccncc3)C[C@]2(O)C(F)(F)F)cc1. The zero-order valence-corrected chi connectivity index (χ0v) is 15.7. The summed E-state index contributed by atoms with van der Waals surface area (Å²) in [5.74, 6) is -1.02. The van der Waals surface area contributed by atoms with Crippen molar-refractivity contribution in [2.75, 3.05) is 0 Å². The fourth-order valence-electron chi connectivity index (χ4n) is 2.92. The molecule has 3 rings (SSSR count). The number of hydrogen-bond acceptors (Lipinski definition) is 4. The zero-order valence-electron chi connectivity index (χ0n) is 15.7. The van der Waals surface area contributed by atoms with Gasteiger partial charge in [-0.3, -0.25) is 9.78 Å². The van der Waals surface area contributed by atoms with Crippen LogP contribution in [0, 0.1) is 0 Å². The minimum Gasteiger partial charge on any atom is -0.362 e. The molecule has 0 bridgehead atoms. The summed E-state index contributed by atoms with van der Waals surface area (Å²) in [5, 5.41) is 14.3. The van der Waals surface area contributed by atoms with E-state index in [0.29, 0.717) is 5.56 Å². The monoisotopic (exact) mass is 391 g/mol. The number of aliphatic hydroxyl groups is 1. The van der Waals surface area contributed by atoms with Gasteiger partial charge in [-0.05, 0) is 35.2 Å². The number of amides is 1. The van der Waals surface area contributed by atoms with Crippen LogP contribution in [-0.2, 0) is 5.41 Å². The Kier molecular flexibility index (Phi) is 4.79. The molecule has 1 atom stereocenters. The Labute approximate surface area is 160 Å². The molecule has 1 aromatic carbocycles. The van der Waals surface area contributed by atoms with Gasteiger partial charge in [0.25, 0.3) is 11.6 Å². The van der Waals surface area contributed by atoms with Gasteiger partial charge in [0.05, 0.1) is 12.1 Å². The third-order valence-electron chi connectivity index (χ3n) is 4.64. The van der Waals surface area contributed by atoms with Crippen molar-refractivity contribution in [3.8, 4) is 0 Å². The van der Waals surface area contributed by atoms with E-state index in [1.807, 2.05) is 20.8 Å². The first-order valence-corrected chi connectivity index (χ1v) is 8.65. The van der Waals surface area contributed by atoms with Crippen molar-refractivity contribution in [1.82, 2.24) is 9.99 Å². The van der Waals surface area contributed by atoms with Gasteiger partial charge in [-0.15, -0.1) is 0 Å². The van der Waals surface area contributed by atoms with E-state index in [0.717, 1.165) is 5.56 Å². The summed E-state index contributed by atoms with van der Waals surface area (Å²) < 4.78 is 41.0. The minimum atomic E-state index is -5.08. The second kappa shape index (κ2) is 6.70. The van der Waals surface area contributed by atoms with E-state index in [1.165, 1.54) is 36.7 Å². The van der Waals surface area contributed by atoms with Crippen molar-refractivity contribution >= 4 is 11.6 Å². The van der Waals surface area contributed by atoms with E-state index in [2.05, 4.69) is 10.1 Å².